The van der Waals surface area contributed by atoms with E-state index in [9.17, 15) is 19.2 Å². The molecule has 2 atom stereocenters. The fourth-order valence-electron chi connectivity index (χ4n) is 3.88. The van der Waals surface area contributed by atoms with E-state index >= 15 is 0 Å². The third kappa shape index (κ3) is 4.07. The van der Waals surface area contributed by atoms with Crippen molar-refractivity contribution >= 4 is 35.3 Å². The Labute approximate surface area is 173 Å². The number of Topliss-reactive ketones (excluding diaryl/α,β-unsaturated/α-hetero) is 1. The number of rotatable bonds is 6. The van der Waals surface area contributed by atoms with Gasteiger partial charge in [-0.1, -0.05) is 31.4 Å². The SMILES string of the molecule is COc1ccc(C(=O)COC(=O)CN2C(=O)N[C@]3(CCCC[C@H]3C)C2=O)cc1Cl. The molecule has 2 aliphatic rings. The zero-order valence-electron chi connectivity index (χ0n) is 16.3. The summed E-state index contributed by atoms with van der Waals surface area (Å²) in [5.74, 6) is -1.28. The molecule has 2 fully saturated rings. The molecule has 0 aromatic heterocycles. The van der Waals surface area contributed by atoms with E-state index in [1.807, 2.05) is 6.92 Å². The summed E-state index contributed by atoms with van der Waals surface area (Å²) < 4.78 is 10.0. The summed E-state index contributed by atoms with van der Waals surface area (Å²) in [6.07, 6.45) is 3.24. The van der Waals surface area contributed by atoms with Gasteiger partial charge in [0, 0.05) is 5.56 Å². The van der Waals surface area contributed by atoms with E-state index in [1.54, 1.807) is 0 Å². The van der Waals surface area contributed by atoms with Gasteiger partial charge in [0.1, 0.15) is 17.8 Å². The molecule has 1 aromatic carbocycles. The van der Waals surface area contributed by atoms with Crippen molar-refractivity contribution in [2.24, 2.45) is 5.92 Å². The molecule has 1 heterocycles. The molecule has 1 spiro atoms. The highest BCUT2D eigenvalue weighted by molar-refractivity contribution is 6.32. The number of carbonyl (C=O) groups is 4. The molecule has 9 heteroatoms. The number of imide groups is 1. The van der Waals surface area contributed by atoms with Crippen LogP contribution in [0, 0.1) is 5.92 Å². The summed E-state index contributed by atoms with van der Waals surface area (Å²) in [7, 11) is 1.46. The van der Waals surface area contributed by atoms with Gasteiger partial charge >= 0.3 is 12.0 Å². The number of ketones is 1. The Morgan fingerprint density at radius 1 is 1.31 bits per heavy atom. The van der Waals surface area contributed by atoms with Crippen LogP contribution in [0.1, 0.15) is 43.0 Å². The molecule has 1 aliphatic carbocycles. The molecule has 3 rings (SSSR count). The average molecular weight is 423 g/mol. The molecule has 0 radical (unpaired) electrons. The van der Waals surface area contributed by atoms with E-state index in [2.05, 4.69) is 5.32 Å². The number of amides is 3. The van der Waals surface area contributed by atoms with Gasteiger partial charge in [-0.25, -0.2) is 4.79 Å². The fraction of sp³-hybridized carbons (Fsp3) is 0.500. The quantitative estimate of drug-likeness (QED) is 0.429. The lowest BCUT2D eigenvalue weighted by atomic mass is 9.73. The van der Waals surface area contributed by atoms with Gasteiger partial charge in [-0.15, -0.1) is 0 Å². The third-order valence-corrected chi connectivity index (χ3v) is 5.92. The minimum absolute atomic E-state index is 0.00452. The van der Waals surface area contributed by atoms with Gasteiger partial charge in [-0.2, -0.15) is 0 Å². The largest absolute Gasteiger partial charge is 0.495 e. The highest BCUT2D eigenvalue weighted by Crippen LogP contribution is 2.38. The number of halogens is 1. The van der Waals surface area contributed by atoms with Crippen LogP contribution in [0.25, 0.3) is 0 Å². The van der Waals surface area contributed by atoms with Gasteiger partial charge in [0.25, 0.3) is 5.91 Å². The molecule has 29 heavy (non-hydrogen) atoms. The lowest BCUT2D eigenvalue weighted by Crippen LogP contribution is -2.54. The Balaban J connectivity index is 1.58. The summed E-state index contributed by atoms with van der Waals surface area (Å²) >= 11 is 5.99. The molecular formula is C20H23ClN2O6. The van der Waals surface area contributed by atoms with E-state index in [-0.39, 0.29) is 16.5 Å². The monoisotopic (exact) mass is 422 g/mol. The average Bonchev–Trinajstić information content (AvgIpc) is 2.93. The topological polar surface area (TPSA) is 102 Å². The van der Waals surface area contributed by atoms with Crippen molar-refractivity contribution in [1.29, 1.82) is 0 Å². The second-order valence-electron chi connectivity index (χ2n) is 7.37. The number of urea groups is 1. The number of nitrogens with one attached hydrogen (secondary N) is 1. The second-order valence-corrected chi connectivity index (χ2v) is 7.78. The predicted octanol–water partition coefficient (Wildman–Crippen LogP) is 2.58. The Morgan fingerprint density at radius 3 is 2.72 bits per heavy atom. The molecule has 1 aliphatic heterocycles. The van der Waals surface area contributed by atoms with Crippen LogP contribution in [0.15, 0.2) is 18.2 Å². The first-order chi connectivity index (χ1) is 13.8. The van der Waals surface area contributed by atoms with Crippen molar-refractivity contribution in [2.75, 3.05) is 20.3 Å². The van der Waals surface area contributed by atoms with Crippen molar-refractivity contribution in [3.8, 4) is 5.75 Å². The second kappa shape index (κ2) is 8.41. The number of carbonyl (C=O) groups excluding carboxylic acids is 4. The van der Waals surface area contributed by atoms with E-state index in [0.717, 1.165) is 24.2 Å². The smallest absolute Gasteiger partial charge is 0.326 e. The normalized spacial score (nSPS) is 23.8. The predicted molar refractivity (Wildman–Crippen MR) is 104 cm³/mol. The molecule has 0 unspecified atom stereocenters. The minimum Gasteiger partial charge on any atom is -0.495 e. The van der Waals surface area contributed by atoms with Gasteiger partial charge in [-0.3, -0.25) is 19.3 Å². The van der Waals surface area contributed by atoms with Gasteiger partial charge in [0.05, 0.1) is 12.1 Å². The lowest BCUT2D eigenvalue weighted by Gasteiger charge is -2.36. The van der Waals surface area contributed by atoms with E-state index in [4.69, 9.17) is 21.1 Å². The van der Waals surface area contributed by atoms with Crippen LogP contribution >= 0.6 is 11.6 Å². The van der Waals surface area contributed by atoms with Crippen molar-refractivity contribution in [3.05, 3.63) is 28.8 Å². The van der Waals surface area contributed by atoms with Crippen LogP contribution in [0.2, 0.25) is 5.02 Å². The summed E-state index contributed by atoms with van der Waals surface area (Å²) in [5, 5.41) is 3.03. The molecule has 8 nitrogen and oxygen atoms in total. The number of hydrogen-bond acceptors (Lipinski definition) is 6. The molecule has 1 saturated carbocycles. The number of benzene rings is 1. The van der Waals surface area contributed by atoms with Crippen LogP contribution < -0.4 is 10.1 Å². The summed E-state index contributed by atoms with van der Waals surface area (Å²) in [6, 6.07) is 3.86. The minimum atomic E-state index is -0.939. The zero-order chi connectivity index (χ0) is 21.2. The van der Waals surface area contributed by atoms with Crippen LogP contribution in [0.4, 0.5) is 4.79 Å². The van der Waals surface area contributed by atoms with Gasteiger partial charge in [0.2, 0.25) is 0 Å². The number of methoxy groups -OCH3 is 1. The van der Waals surface area contributed by atoms with Crippen molar-refractivity contribution in [3.63, 3.8) is 0 Å². The van der Waals surface area contributed by atoms with E-state index < -0.39 is 42.4 Å². The highest BCUT2D eigenvalue weighted by atomic mass is 35.5. The molecule has 3 amide bonds. The molecule has 156 valence electrons. The maximum absolute atomic E-state index is 12.8. The van der Waals surface area contributed by atoms with Crippen molar-refractivity contribution in [1.82, 2.24) is 10.2 Å². The summed E-state index contributed by atoms with van der Waals surface area (Å²) in [4.78, 5) is 50.4. The third-order valence-electron chi connectivity index (χ3n) is 5.63. The van der Waals surface area contributed by atoms with Crippen LogP contribution in [0.3, 0.4) is 0 Å². The van der Waals surface area contributed by atoms with Gasteiger partial charge < -0.3 is 14.8 Å². The summed E-state index contributed by atoms with van der Waals surface area (Å²) in [6.45, 7) is 0.875. The Bertz CT molecular complexity index is 857. The van der Waals surface area contributed by atoms with Crippen LogP contribution in [-0.2, 0) is 14.3 Å². The van der Waals surface area contributed by atoms with E-state index in [0.29, 0.717) is 12.2 Å². The molecule has 1 saturated heterocycles. The maximum atomic E-state index is 12.8. The molecule has 1 aromatic rings. The highest BCUT2D eigenvalue weighted by Gasteiger charge is 2.55. The summed E-state index contributed by atoms with van der Waals surface area (Å²) in [5.41, 5.74) is -0.681. The van der Waals surface area contributed by atoms with Gasteiger partial charge in [0.15, 0.2) is 12.4 Å². The first-order valence-electron chi connectivity index (χ1n) is 9.45. The van der Waals surface area contributed by atoms with Crippen LogP contribution in [0.5, 0.6) is 5.75 Å². The molecule has 0 bridgehead atoms. The Kier molecular flexibility index (Phi) is 6.12. The number of esters is 1. The maximum Gasteiger partial charge on any atom is 0.326 e. The first kappa shape index (κ1) is 21.1. The standard InChI is InChI=1S/C20H23ClN2O6/c1-12-5-3-4-8-20(12)18(26)23(19(27)22-20)10-17(25)29-11-15(24)13-6-7-16(28-2)14(21)9-13/h6-7,9,12H,3-5,8,10-11H2,1-2H3,(H,22,27)/t12-,20+/m1/s1. The first-order valence-corrected chi connectivity index (χ1v) is 9.83. The Morgan fingerprint density at radius 2 is 2.07 bits per heavy atom. The number of nitrogens with zero attached hydrogens (tertiary/aromatic N) is 1. The lowest BCUT2D eigenvalue weighted by molar-refractivity contribution is -0.147. The molecular weight excluding hydrogens is 400 g/mol. The van der Waals surface area contributed by atoms with Crippen molar-refractivity contribution in [2.45, 2.75) is 38.1 Å². The van der Waals surface area contributed by atoms with Crippen LogP contribution in [-0.4, -0.2) is 54.4 Å². The van der Waals surface area contributed by atoms with Gasteiger partial charge in [-0.05, 0) is 37.0 Å². The number of hydrogen-bond donors (Lipinski definition) is 1. The molecule has 1 N–H and O–H groups in total. The zero-order valence-corrected chi connectivity index (χ0v) is 17.1. The Hall–Kier alpha value is -2.61. The van der Waals surface area contributed by atoms with Crippen molar-refractivity contribution < 1.29 is 28.7 Å². The van der Waals surface area contributed by atoms with E-state index in [1.165, 1.54) is 25.3 Å². The fourth-order valence-corrected chi connectivity index (χ4v) is 4.14. The number of ether oxygens (including phenoxy) is 2.